The Balaban J connectivity index is 4.49. The van der Waals surface area contributed by atoms with Gasteiger partial charge in [-0.3, -0.25) is 32.5 Å². The van der Waals surface area contributed by atoms with Crippen molar-refractivity contribution < 1.29 is 75.8 Å². The molecule has 0 spiro atoms. The van der Waals surface area contributed by atoms with E-state index in [2.05, 4.69) is 167 Å². The second-order valence-corrected chi connectivity index (χ2v) is 30.1. The van der Waals surface area contributed by atoms with Gasteiger partial charge in [0.15, 0.2) is 6.10 Å². The maximum absolute atomic E-state index is 13.0. The first-order valence-corrected chi connectivity index (χ1v) is 44.1. The Morgan fingerprint density at radius 2 is 0.505 bits per heavy atom. The van der Waals surface area contributed by atoms with Crippen LogP contribution in [0.1, 0.15) is 329 Å². The van der Waals surface area contributed by atoms with E-state index in [-0.39, 0.29) is 19.3 Å². The predicted octanol–water partition coefficient (Wildman–Crippen LogP) is 24.4. The Bertz CT molecular complexity index is 2490. The van der Waals surface area contributed by atoms with Crippen molar-refractivity contribution in [3.05, 3.63) is 146 Å². The maximum atomic E-state index is 13.0. The molecular weight excluding hydrogens is 1360 g/mol. The summed E-state index contributed by atoms with van der Waals surface area (Å²) in [5.41, 5.74) is 0. The third kappa shape index (κ3) is 80.3. The number of phosphoric ester groups is 2. The van der Waals surface area contributed by atoms with E-state index in [4.69, 9.17) is 32.3 Å². The SMILES string of the molecule is CC/C=C\C/C=C\C/C=C\C/C=C\C/C=C\CCCCCCCCCCCCCCCC(=O)OCC(O)COP(=O)(O)OCC(O)COP(=O)(O)OCC(COC(=O)CCCCCCCCCCCCC/C=C\C/C=C\C/C=C\C/C=C\C/C=C\CC)OC(=O)CCCCCCC/C=C\C/C=C\CCC. The highest BCUT2D eigenvalue weighted by Gasteiger charge is 2.29. The first-order chi connectivity index (χ1) is 51.2. The number of aliphatic hydroxyl groups excluding tert-OH is 2. The van der Waals surface area contributed by atoms with Crippen molar-refractivity contribution in [1.82, 2.24) is 0 Å². The molecular formula is C87H148O16P2. The fourth-order valence-corrected chi connectivity index (χ4v) is 12.4. The molecule has 105 heavy (non-hydrogen) atoms. The van der Waals surface area contributed by atoms with Crippen LogP contribution < -0.4 is 0 Å². The van der Waals surface area contributed by atoms with Crippen molar-refractivity contribution in [3.63, 3.8) is 0 Å². The third-order valence-corrected chi connectivity index (χ3v) is 18.9. The maximum Gasteiger partial charge on any atom is 0.472 e. The Kier molecular flexibility index (Phi) is 75.6. The van der Waals surface area contributed by atoms with Crippen molar-refractivity contribution in [2.24, 2.45) is 0 Å². The zero-order valence-electron chi connectivity index (χ0n) is 65.9. The number of ether oxygens (including phenoxy) is 3. The van der Waals surface area contributed by atoms with E-state index < -0.39 is 91.5 Å². The van der Waals surface area contributed by atoms with E-state index in [1.165, 1.54) is 96.3 Å². The molecule has 0 aliphatic carbocycles. The summed E-state index contributed by atoms with van der Waals surface area (Å²) in [7, 11) is -9.80. The molecule has 0 aromatic rings. The number of carbonyl (C=O) groups excluding carboxylic acids is 3. The number of unbranched alkanes of at least 4 members (excludes halogenated alkanes) is 30. The van der Waals surface area contributed by atoms with Crippen LogP contribution in [0.2, 0.25) is 0 Å². The summed E-state index contributed by atoms with van der Waals surface area (Å²) in [6.07, 6.45) is 97.6. The van der Waals surface area contributed by atoms with E-state index in [0.29, 0.717) is 19.3 Å². The van der Waals surface area contributed by atoms with Crippen LogP contribution in [0, 0.1) is 0 Å². The van der Waals surface area contributed by atoms with Gasteiger partial charge in [-0.15, -0.1) is 0 Å². The Morgan fingerprint density at radius 3 is 0.800 bits per heavy atom. The van der Waals surface area contributed by atoms with Crippen molar-refractivity contribution in [2.75, 3.05) is 39.6 Å². The van der Waals surface area contributed by atoms with Gasteiger partial charge < -0.3 is 34.2 Å². The highest BCUT2D eigenvalue weighted by atomic mass is 31.2. The number of carbonyl (C=O) groups is 3. The fourth-order valence-electron chi connectivity index (χ4n) is 10.8. The molecule has 0 radical (unpaired) electrons. The first kappa shape index (κ1) is 100. The van der Waals surface area contributed by atoms with E-state index >= 15 is 0 Å². The van der Waals surface area contributed by atoms with Crippen LogP contribution in [0.5, 0.6) is 0 Å². The van der Waals surface area contributed by atoms with Gasteiger partial charge in [0, 0.05) is 19.3 Å². The molecule has 0 aliphatic heterocycles. The van der Waals surface area contributed by atoms with E-state index in [1.807, 2.05) is 0 Å². The number of phosphoric acid groups is 2. The third-order valence-electron chi connectivity index (χ3n) is 17.0. The van der Waals surface area contributed by atoms with Crippen molar-refractivity contribution in [3.8, 4) is 0 Å². The molecule has 0 fully saturated rings. The summed E-state index contributed by atoms with van der Waals surface area (Å²) >= 11 is 0. The van der Waals surface area contributed by atoms with Gasteiger partial charge in [-0.2, -0.15) is 0 Å². The van der Waals surface area contributed by atoms with E-state index in [0.717, 1.165) is 173 Å². The smallest absolute Gasteiger partial charge is 0.463 e. The summed E-state index contributed by atoms with van der Waals surface area (Å²) < 4.78 is 61.2. The summed E-state index contributed by atoms with van der Waals surface area (Å²) in [6, 6.07) is 0. The minimum atomic E-state index is -4.94. The van der Waals surface area contributed by atoms with Gasteiger partial charge in [0.1, 0.15) is 25.4 Å². The zero-order valence-corrected chi connectivity index (χ0v) is 67.6. The summed E-state index contributed by atoms with van der Waals surface area (Å²) in [6.45, 7) is 2.38. The van der Waals surface area contributed by atoms with Crippen LogP contribution in [0.3, 0.4) is 0 Å². The molecule has 0 heterocycles. The summed E-state index contributed by atoms with van der Waals surface area (Å²) in [4.78, 5) is 58.7. The Hall–Kier alpha value is -4.57. The number of rotatable bonds is 77. The average molecular weight is 1510 g/mol. The van der Waals surface area contributed by atoms with Gasteiger partial charge in [0.2, 0.25) is 0 Å². The van der Waals surface area contributed by atoms with E-state index in [9.17, 15) is 43.5 Å². The van der Waals surface area contributed by atoms with Crippen LogP contribution in [-0.4, -0.2) is 95.9 Å². The largest absolute Gasteiger partial charge is 0.472 e. The monoisotopic (exact) mass is 1510 g/mol. The minimum absolute atomic E-state index is 0.0853. The van der Waals surface area contributed by atoms with Gasteiger partial charge in [-0.1, -0.05) is 321 Å². The van der Waals surface area contributed by atoms with Gasteiger partial charge in [0.05, 0.1) is 26.4 Å². The van der Waals surface area contributed by atoms with Gasteiger partial charge in [-0.05, 0) is 135 Å². The number of hydrogen-bond donors (Lipinski definition) is 4. The molecule has 0 aromatic heterocycles. The lowest BCUT2D eigenvalue weighted by Gasteiger charge is -2.21. The van der Waals surface area contributed by atoms with Gasteiger partial charge in [-0.25, -0.2) is 9.13 Å². The second kappa shape index (κ2) is 79.0. The molecule has 0 aliphatic rings. The molecule has 0 amide bonds. The Morgan fingerprint density at radius 1 is 0.276 bits per heavy atom. The van der Waals surface area contributed by atoms with Crippen molar-refractivity contribution in [1.29, 1.82) is 0 Å². The van der Waals surface area contributed by atoms with E-state index in [1.54, 1.807) is 0 Å². The molecule has 0 saturated heterocycles. The average Bonchev–Trinajstić information content (AvgIpc) is 0.912. The number of esters is 3. The predicted molar refractivity (Wildman–Crippen MR) is 436 cm³/mol. The first-order valence-electron chi connectivity index (χ1n) is 41.1. The lowest BCUT2D eigenvalue weighted by Crippen LogP contribution is -2.30. The topological polar surface area (TPSA) is 231 Å². The van der Waals surface area contributed by atoms with Crippen LogP contribution in [0.15, 0.2) is 146 Å². The van der Waals surface area contributed by atoms with Crippen molar-refractivity contribution in [2.45, 2.75) is 347 Å². The highest BCUT2D eigenvalue weighted by molar-refractivity contribution is 7.47. The quantitative estimate of drug-likeness (QED) is 0.0146. The van der Waals surface area contributed by atoms with Crippen LogP contribution >= 0.6 is 15.6 Å². The number of aliphatic hydroxyl groups is 2. The molecule has 0 aromatic carbocycles. The summed E-state index contributed by atoms with van der Waals surface area (Å²) in [5.74, 6) is -1.59. The lowest BCUT2D eigenvalue weighted by molar-refractivity contribution is -0.161. The number of hydrogen-bond acceptors (Lipinski definition) is 14. The number of allylic oxidation sites excluding steroid dienone is 24. The van der Waals surface area contributed by atoms with Crippen LogP contribution in [0.25, 0.3) is 0 Å². The second-order valence-electron chi connectivity index (χ2n) is 27.2. The minimum Gasteiger partial charge on any atom is -0.463 e. The van der Waals surface area contributed by atoms with Gasteiger partial charge in [0.25, 0.3) is 0 Å². The molecule has 602 valence electrons. The van der Waals surface area contributed by atoms with Crippen LogP contribution in [-0.2, 0) is 55.8 Å². The molecule has 5 atom stereocenters. The highest BCUT2D eigenvalue weighted by Crippen LogP contribution is 2.45. The lowest BCUT2D eigenvalue weighted by atomic mass is 10.0. The fraction of sp³-hybridized carbons (Fsp3) is 0.690. The summed E-state index contributed by atoms with van der Waals surface area (Å²) in [5, 5.41) is 20.7. The molecule has 0 bridgehead atoms. The van der Waals surface area contributed by atoms with Gasteiger partial charge >= 0.3 is 33.6 Å². The molecule has 0 saturated carbocycles. The standard InChI is InChI=1S/C87H148O16P2/c1-4-7-10-13-16-19-22-25-27-29-31-33-35-37-39-40-42-44-45-47-49-51-53-56-58-61-64-67-70-73-85(90)97-76-82(88)77-99-104(93,94)100-78-83(89)79-101-105(95,96)102-81-84(103-87(92)75-72-69-66-63-60-55-24-21-18-15-12-9-6-3)80-98-86(91)74-71-68-65-62-59-57-54-52-50-48-46-43-41-38-36-34-32-30-28-26-23-20-17-14-11-8-5-2/h7-8,10-12,15-17,19-21,24-28,31-34,37-39,41,82-84,88-89H,4-6,9,13-14,18,22-23,29-30,35-36,40,42-81H2,1-3H3,(H,93,94)(H,95,96)/b10-7-,11-8-,15-12-,19-16-,20-17-,24-21-,27-25-,28-26-,33-31-,34-32-,39-37-,41-38-. The molecule has 16 nitrogen and oxygen atoms in total. The van der Waals surface area contributed by atoms with Crippen molar-refractivity contribution >= 4 is 33.6 Å². The zero-order chi connectivity index (χ0) is 76.6. The molecule has 5 unspecified atom stereocenters. The normalized spacial score (nSPS) is 14.7. The molecule has 4 N–H and O–H groups in total. The van der Waals surface area contributed by atoms with Crippen LogP contribution in [0.4, 0.5) is 0 Å². The Labute approximate surface area is 638 Å². The molecule has 18 heteroatoms. The molecule has 0 rings (SSSR count).